The van der Waals surface area contributed by atoms with Gasteiger partial charge in [-0.05, 0) is 0 Å². The lowest BCUT2D eigenvalue weighted by molar-refractivity contribution is -0.142. The van der Waals surface area contributed by atoms with Crippen LogP contribution in [0.15, 0.2) is 36.7 Å². The number of aromatic amines is 1. The van der Waals surface area contributed by atoms with Crippen molar-refractivity contribution in [3.8, 4) is 0 Å². The second-order valence-corrected chi connectivity index (χ2v) is 7.83. The molecule has 1 aromatic heterocycles. The highest BCUT2D eigenvalue weighted by atomic mass is 32.2. The first-order valence-corrected chi connectivity index (χ1v) is 8.00. The van der Waals surface area contributed by atoms with E-state index in [4.69, 9.17) is 0 Å². The molecule has 5 nitrogen and oxygen atoms in total. The Balaban J connectivity index is 2.84. The number of aliphatic carboxylic acids is 1. The molecule has 0 bridgehead atoms. The van der Waals surface area contributed by atoms with Gasteiger partial charge in [-0.25, -0.2) is 4.98 Å². The summed E-state index contributed by atoms with van der Waals surface area (Å²) in [4.78, 5) is 20.9. The first-order chi connectivity index (χ1) is 10.3. The first kappa shape index (κ1) is 18.5. The van der Waals surface area contributed by atoms with Gasteiger partial charge in [0.1, 0.15) is 6.04 Å². The number of carbonyl (C=O) groups is 1. The number of nitrogens with one attached hydrogen (secondary N) is 1. The average molecular weight is 323 g/mol. The van der Waals surface area contributed by atoms with Crippen LogP contribution in [0.3, 0.4) is 0 Å². The van der Waals surface area contributed by atoms with Crippen molar-refractivity contribution in [2.75, 3.05) is 13.1 Å². The SMILES string of the molecule is C=CCN(CC=C)[C@@H](Cc1cnc(SC(C)(C)C)[nH]1)C(=O)O. The number of carboxylic acid groups (broad SMARTS) is 1. The molecule has 1 heterocycles. The molecule has 0 aromatic carbocycles. The highest BCUT2D eigenvalue weighted by Crippen LogP contribution is 2.29. The number of thioether (sulfide) groups is 1. The molecule has 0 aliphatic carbocycles. The largest absolute Gasteiger partial charge is 0.480 e. The molecular formula is C16H25N3O2S. The van der Waals surface area contributed by atoms with E-state index in [1.807, 2.05) is 4.90 Å². The number of aromatic nitrogens is 2. The molecule has 1 aromatic rings. The van der Waals surface area contributed by atoms with Crippen molar-refractivity contribution >= 4 is 17.7 Å². The van der Waals surface area contributed by atoms with Gasteiger partial charge in [0.2, 0.25) is 0 Å². The summed E-state index contributed by atoms with van der Waals surface area (Å²) in [6.07, 6.45) is 5.49. The van der Waals surface area contributed by atoms with Crippen LogP contribution < -0.4 is 0 Å². The van der Waals surface area contributed by atoms with Crippen LogP contribution in [0.4, 0.5) is 0 Å². The fourth-order valence-corrected chi connectivity index (χ4v) is 2.89. The van der Waals surface area contributed by atoms with Gasteiger partial charge in [-0.1, -0.05) is 44.7 Å². The Morgan fingerprint density at radius 2 is 2.05 bits per heavy atom. The number of hydrogen-bond donors (Lipinski definition) is 2. The third kappa shape index (κ3) is 6.07. The minimum atomic E-state index is -0.858. The Kier molecular flexibility index (Phi) is 6.90. The van der Waals surface area contributed by atoms with Crippen LogP contribution in [0.1, 0.15) is 26.5 Å². The van der Waals surface area contributed by atoms with E-state index in [0.717, 1.165) is 10.9 Å². The second kappa shape index (κ2) is 8.19. The molecule has 0 aliphatic rings. The lowest BCUT2D eigenvalue weighted by atomic mass is 10.1. The van der Waals surface area contributed by atoms with Gasteiger partial charge < -0.3 is 10.1 Å². The topological polar surface area (TPSA) is 69.2 Å². The van der Waals surface area contributed by atoms with Crippen LogP contribution in [0.2, 0.25) is 0 Å². The lowest BCUT2D eigenvalue weighted by Crippen LogP contribution is -2.43. The molecule has 0 saturated carbocycles. The van der Waals surface area contributed by atoms with Gasteiger partial charge in [0.25, 0.3) is 0 Å². The van der Waals surface area contributed by atoms with Crippen LogP contribution in [-0.2, 0) is 11.2 Å². The maximum atomic E-state index is 11.6. The molecule has 1 rings (SSSR count). The van der Waals surface area contributed by atoms with Crippen LogP contribution in [-0.4, -0.2) is 49.8 Å². The third-order valence-electron chi connectivity index (χ3n) is 2.87. The van der Waals surface area contributed by atoms with Crippen molar-refractivity contribution in [3.05, 3.63) is 37.2 Å². The fraction of sp³-hybridized carbons (Fsp3) is 0.500. The number of carboxylic acids is 1. The predicted octanol–water partition coefficient (Wildman–Crippen LogP) is 2.97. The van der Waals surface area contributed by atoms with E-state index in [9.17, 15) is 9.90 Å². The van der Waals surface area contributed by atoms with Crippen molar-refractivity contribution < 1.29 is 9.90 Å². The Bertz CT molecular complexity index is 510. The Hall–Kier alpha value is -1.53. The Morgan fingerprint density at radius 1 is 1.45 bits per heavy atom. The summed E-state index contributed by atoms with van der Waals surface area (Å²) >= 11 is 1.63. The minimum absolute atomic E-state index is 0.0546. The van der Waals surface area contributed by atoms with E-state index < -0.39 is 12.0 Å². The molecule has 22 heavy (non-hydrogen) atoms. The van der Waals surface area contributed by atoms with E-state index in [-0.39, 0.29) is 4.75 Å². The third-order valence-corrected chi connectivity index (χ3v) is 3.89. The molecule has 0 aliphatic heterocycles. The van der Waals surface area contributed by atoms with Gasteiger partial charge in [0, 0.05) is 36.1 Å². The molecule has 0 amide bonds. The monoisotopic (exact) mass is 323 g/mol. The Morgan fingerprint density at radius 3 is 2.50 bits per heavy atom. The van der Waals surface area contributed by atoms with Crippen LogP contribution >= 0.6 is 11.8 Å². The highest BCUT2D eigenvalue weighted by molar-refractivity contribution is 8.00. The summed E-state index contributed by atoms with van der Waals surface area (Å²) in [7, 11) is 0. The van der Waals surface area contributed by atoms with Gasteiger partial charge in [-0.2, -0.15) is 0 Å². The molecule has 0 radical (unpaired) electrons. The maximum Gasteiger partial charge on any atom is 0.321 e. The number of H-pyrrole nitrogens is 1. The molecule has 1 atom stereocenters. The van der Waals surface area contributed by atoms with Crippen molar-refractivity contribution in [1.29, 1.82) is 0 Å². The summed E-state index contributed by atoms with van der Waals surface area (Å²) in [6, 6.07) is -0.635. The van der Waals surface area contributed by atoms with Crippen LogP contribution in [0.5, 0.6) is 0 Å². The normalized spacial score (nSPS) is 13.1. The van der Waals surface area contributed by atoms with Crippen molar-refractivity contribution in [3.63, 3.8) is 0 Å². The minimum Gasteiger partial charge on any atom is -0.480 e. The zero-order valence-electron chi connectivity index (χ0n) is 13.5. The standard InChI is InChI=1S/C16H25N3O2S/c1-6-8-19(9-7-2)13(14(20)21)10-12-11-17-15(18-12)22-16(3,4)5/h6-7,11,13H,1-2,8-10H2,3-5H3,(H,17,18)(H,20,21)/t13-/m0/s1. The van der Waals surface area contributed by atoms with Gasteiger partial charge in [-0.15, -0.1) is 13.2 Å². The average Bonchev–Trinajstić information content (AvgIpc) is 2.80. The molecule has 0 saturated heterocycles. The number of imidazole rings is 1. The summed E-state index contributed by atoms with van der Waals surface area (Å²) in [5.41, 5.74) is 0.817. The number of nitrogens with zero attached hydrogens (tertiary/aromatic N) is 2. The molecule has 2 N–H and O–H groups in total. The molecule has 0 unspecified atom stereocenters. The van der Waals surface area contributed by atoms with Crippen LogP contribution in [0, 0.1) is 0 Å². The smallest absolute Gasteiger partial charge is 0.321 e. The van der Waals surface area contributed by atoms with Crippen molar-refractivity contribution in [2.45, 2.75) is 43.1 Å². The van der Waals surface area contributed by atoms with Crippen molar-refractivity contribution in [1.82, 2.24) is 14.9 Å². The van der Waals surface area contributed by atoms with E-state index >= 15 is 0 Å². The zero-order chi connectivity index (χ0) is 16.8. The molecule has 122 valence electrons. The van der Waals surface area contributed by atoms with Gasteiger partial charge >= 0.3 is 5.97 Å². The van der Waals surface area contributed by atoms with E-state index in [1.165, 1.54) is 0 Å². The predicted molar refractivity (Wildman–Crippen MR) is 91.3 cm³/mol. The zero-order valence-corrected chi connectivity index (χ0v) is 14.3. The molecule has 0 fully saturated rings. The molecule has 0 spiro atoms. The number of hydrogen-bond acceptors (Lipinski definition) is 4. The van der Waals surface area contributed by atoms with Crippen LogP contribution in [0.25, 0.3) is 0 Å². The summed E-state index contributed by atoms with van der Waals surface area (Å²) < 4.78 is 0.0546. The van der Waals surface area contributed by atoms with E-state index in [1.54, 1.807) is 30.1 Å². The summed E-state index contributed by atoms with van der Waals surface area (Å²) in [5, 5.41) is 10.3. The molecular weight excluding hydrogens is 298 g/mol. The lowest BCUT2D eigenvalue weighted by Gasteiger charge is -2.26. The van der Waals surface area contributed by atoms with Gasteiger partial charge in [0.15, 0.2) is 5.16 Å². The quantitative estimate of drug-likeness (QED) is 0.540. The summed E-state index contributed by atoms with van der Waals surface area (Å²) in [5.74, 6) is -0.858. The fourth-order valence-electron chi connectivity index (χ4n) is 2.03. The number of rotatable bonds is 9. The van der Waals surface area contributed by atoms with Gasteiger partial charge in [-0.3, -0.25) is 9.69 Å². The summed E-state index contributed by atoms with van der Waals surface area (Å²) in [6.45, 7) is 14.7. The van der Waals surface area contributed by atoms with Crippen molar-refractivity contribution in [2.24, 2.45) is 0 Å². The second-order valence-electron chi connectivity index (χ2n) is 6.02. The van der Waals surface area contributed by atoms with Gasteiger partial charge in [0.05, 0.1) is 0 Å². The van der Waals surface area contributed by atoms with E-state index in [0.29, 0.717) is 19.5 Å². The molecule has 6 heteroatoms. The Labute approximate surface area is 136 Å². The van der Waals surface area contributed by atoms with E-state index in [2.05, 4.69) is 43.9 Å². The first-order valence-electron chi connectivity index (χ1n) is 7.18. The maximum absolute atomic E-state index is 11.6. The highest BCUT2D eigenvalue weighted by Gasteiger charge is 2.25.